The van der Waals surface area contributed by atoms with Crippen molar-refractivity contribution in [3.8, 4) is 11.4 Å². The average Bonchev–Trinajstić information content (AvgIpc) is 3.73. The number of carbonyl (C=O) groups is 6. The second kappa shape index (κ2) is 15.9. The summed E-state index contributed by atoms with van der Waals surface area (Å²) in [6.07, 6.45) is 4.33. The van der Waals surface area contributed by atoms with Crippen molar-refractivity contribution in [1.29, 1.82) is 0 Å². The molecular weight excluding hydrogens is 738 g/mol. The van der Waals surface area contributed by atoms with Gasteiger partial charge in [-0.05, 0) is 57.4 Å². The van der Waals surface area contributed by atoms with Crippen LogP contribution in [-0.2, 0) is 57.0 Å². The van der Waals surface area contributed by atoms with E-state index in [-0.39, 0.29) is 66.9 Å². The molecule has 0 spiro atoms. The van der Waals surface area contributed by atoms with Crippen molar-refractivity contribution in [1.82, 2.24) is 25.1 Å². The number of hydrogen-bond donors (Lipinski definition) is 4. The molecule has 1 fully saturated rings. The molecule has 2 aromatic heterocycles. The lowest BCUT2D eigenvalue weighted by molar-refractivity contribution is -0.172. The Kier molecular flexibility index (Phi) is 11.0. The normalized spacial score (nSPS) is 19.5. The molecule has 3 atom stereocenters. The number of morpholine rings is 1. The third-order valence-electron chi connectivity index (χ3n) is 11.0. The maximum absolute atomic E-state index is 13.9. The first-order valence-electron chi connectivity index (χ1n) is 19.2. The molecular formula is C40H45N7O10. The number of imide groups is 1. The smallest absolute Gasteiger partial charge is 0.343 e. The van der Waals surface area contributed by atoms with Crippen LogP contribution >= 0.6 is 0 Å². The summed E-state index contributed by atoms with van der Waals surface area (Å²) in [5.41, 5.74) is 1.84. The molecule has 5 amide bonds. The van der Waals surface area contributed by atoms with E-state index in [0.717, 1.165) is 21.5 Å². The van der Waals surface area contributed by atoms with Crippen LogP contribution in [-0.4, -0.2) is 100.0 Å². The number of aliphatic hydroxyl groups is 1. The zero-order valence-corrected chi connectivity index (χ0v) is 32.0. The van der Waals surface area contributed by atoms with E-state index in [1.807, 2.05) is 0 Å². The summed E-state index contributed by atoms with van der Waals surface area (Å²) in [7, 11) is 0. The third-order valence-corrected chi connectivity index (χ3v) is 11.0. The fourth-order valence-electron chi connectivity index (χ4n) is 7.70. The average molecular weight is 784 g/mol. The van der Waals surface area contributed by atoms with E-state index in [0.29, 0.717) is 68.2 Å². The van der Waals surface area contributed by atoms with Crippen LogP contribution in [0.1, 0.15) is 69.6 Å². The third kappa shape index (κ3) is 7.51. The molecule has 17 heteroatoms. The van der Waals surface area contributed by atoms with Crippen LogP contribution in [0.2, 0.25) is 0 Å². The lowest BCUT2D eigenvalue weighted by Gasteiger charge is -2.31. The zero-order chi connectivity index (χ0) is 40.6. The molecule has 0 bridgehead atoms. The highest BCUT2D eigenvalue weighted by Gasteiger charge is 2.45. The molecule has 3 aromatic rings. The Morgan fingerprint density at radius 1 is 0.930 bits per heavy atom. The van der Waals surface area contributed by atoms with Gasteiger partial charge in [-0.2, -0.15) is 0 Å². The number of aromatic nitrogens is 2. The number of unbranched alkanes of at least 4 members (excludes halogenated alkanes) is 2. The first-order valence-corrected chi connectivity index (χ1v) is 19.2. The van der Waals surface area contributed by atoms with Crippen LogP contribution in [0.25, 0.3) is 22.3 Å². The molecule has 0 radical (unpaired) electrons. The number of nitrogens with one attached hydrogen (secondary N) is 3. The Labute approximate surface area is 327 Å². The SMILES string of the molecule is CC[C@@]1(O)C(=O)OCc2c1cc1n(c2=O)Cc2c-1nc1ccc(NC(=O)[C@H](C)NC(=O)[C@H](C)NC(=O)CCCCCN3C(=O)C=CC3=O)cc1c2N1CCOCC1. The van der Waals surface area contributed by atoms with E-state index >= 15 is 0 Å². The van der Waals surface area contributed by atoms with E-state index in [4.69, 9.17) is 14.5 Å². The van der Waals surface area contributed by atoms with Gasteiger partial charge in [-0.25, -0.2) is 9.78 Å². The topological polar surface area (TPSA) is 219 Å². The summed E-state index contributed by atoms with van der Waals surface area (Å²) in [4.78, 5) is 96.9. The molecule has 0 aliphatic carbocycles. The Morgan fingerprint density at radius 2 is 1.65 bits per heavy atom. The van der Waals surface area contributed by atoms with Crippen LogP contribution < -0.4 is 26.4 Å². The minimum Gasteiger partial charge on any atom is -0.458 e. The number of pyridine rings is 2. The van der Waals surface area contributed by atoms with Gasteiger partial charge in [-0.15, -0.1) is 0 Å². The molecule has 4 aliphatic heterocycles. The van der Waals surface area contributed by atoms with Gasteiger partial charge in [-0.3, -0.25) is 33.7 Å². The van der Waals surface area contributed by atoms with Gasteiger partial charge in [0, 0.05) is 60.4 Å². The van der Waals surface area contributed by atoms with Crippen molar-refractivity contribution < 1.29 is 43.3 Å². The number of ether oxygens (including phenoxy) is 2. The van der Waals surface area contributed by atoms with Gasteiger partial charge in [0.1, 0.15) is 18.7 Å². The number of nitrogens with zero attached hydrogens (tertiary/aromatic N) is 4. The van der Waals surface area contributed by atoms with Crippen LogP contribution in [0, 0.1) is 0 Å². The molecule has 1 saturated heterocycles. The van der Waals surface area contributed by atoms with Gasteiger partial charge < -0.3 is 40.0 Å². The first kappa shape index (κ1) is 39.3. The Balaban J connectivity index is 1.03. The van der Waals surface area contributed by atoms with Crippen LogP contribution in [0.15, 0.2) is 41.2 Å². The van der Waals surface area contributed by atoms with Gasteiger partial charge in [-0.1, -0.05) is 13.3 Å². The summed E-state index contributed by atoms with van der Waals surface area (Å²) in [6, 6.07) is 5.07. The second-order valence-electron chi connectivity index (χ2n) is 14.7. The van der Waals surface area contributed by atoms with E-state index in [1.54, 1.807) is 35.8 Å². The maximum atomic E-state index is 13.9. The molecule has 300 valence electrons. The first-order chi connectivity index (χ1) is 27.3. The standard InChI is InChI=1S/C40H45N7O10/c1-4-40(55)28-19-30-34-26(20-47(30)38(53)27(28)21-57-39(40)54)35(45-14-16-56-17-15-45)25-18-24(9-10-29(25)44-34)43-37(52)23(3)42-36(51)22(2)41-31(48)8-6-5-7-13-46-32(49)11-12-33(46)50/h9-12,18-19,22-23,55H,4-8,13-17,20-21H2,1-3H3,(H,41,48)(H,42,51)(H,43,52)/t22-,23-,40-/m0/s1. The summed E-state index contributed by atoms with van der Waals surface area (Å²) in [6.45, 7) is 7.07. The highest BCUT2D eigenvalue weighted by Crippen LogP contribution is 2.43. The number of fused-ring (bicyclic) bond motifs is 5. The number of hydrogen-bond acceptors (Lipinski definition) is 12. The Morgan fingerprint density at radius 3 is 2.37 bits per heavy atom. The van der Waals surface area contributed by atoms with Gasteiger partial charge in [0.2, 0.25) is 17.7 Å². The van der Waals surface area contributed by atoms with Crippen LogP contribution in [0.4, 0.5) is 11.4 Å². The summed E-state index contributed by atoms with van der Waals surface area (Å²) in [5, 5.41) is 20.2. The van der Waals surface area contributed by atoms with E-state index < -0.39 is 35.5 Å². The van der Waals surface area contributed by atoms with Gasteiger partial charge in [0.25, 0.3) is 17.4 Å². The van der Waals surface area contributed by atoms with E-state index in [2.05, 4.69) is 20.9 Å². The number of cyclic esters (lactones) is 1. The minimum atomic E-state index is -1.95. The number of anilines is 2. The Hall–Kier alpha value is -5.94. The summed E-state index contributed by atoms with van der Waals surface area (Å²) >= 11 is 0. The summed E-state index contributed by atoms with van der Waals surface area (Å²) in [5.74, 6) is -2.84. The zero-order valence-electron chi connectivity index (χ0n) is 32.0. The van der Waals surface area contributed by atoms with E-state index in [1.165, 1.54) is 26.0 Å². The van der Waals surface area contributed by atoms with Crippen molar-refractivity contribution in [2.75, 3.05) is 43.1 Å². The highest BCUT2D eigenvalue weighted by molar-refractivity contribution is 6.12. The number of carbonyl (C=O) groups excluding carboxylic acids is 6. The fraction of sp³-hybridized carbons (Fsp3) is 0.450. The molecule has 0 unspecified atom stereocenters. The lowest BCUT2D eigenvalue weighted by Crippen LogP contribution is -2.50. The second-order valence-corrected chi connectivity index (χ2v) is 14.7. The van der Waals surface area contributed by atoms with Crippen molar-refractivity contribution in [3.05, 3.63) is 63.5 Å². The van der Waals surface area contributed by atoms with Gasteiger partial charge in [0.05, 0.1) is 47.9 Å². The Bertz CT molecular complexity index is 2260. The van der Waals surface area contributed by atoms with Crippen molar-refractivity contribution in [2.45, 2.75) is 83.7 Å². The molecule has 1 aromatic carbocycles. The van der Waals surface area contributed by atoms with Crippen molar-refractivity contribution in [2.24, 2.45) is 0 Å². The quantitative estimate of drug-likeness (QED) is 0.0859. The van der Waals surface area contributed by atoms with Gasteiger partial charge >= 0.3 is 5.97 Å². The molecule has 17 nitrogen and oxygen atoms in total. The largest absolute Gasteiger partial charge is 0.458 e. The predicted molar refractivity (Wildman–Crippen MR) is 206 cm³/mol. The van der Waals surface area contributed by atoms with Crippen LogP contribution in [0.5, 0.6) is 0 Å². The molecule has 0 saturated carbocycles. The number of esters is 1. The van der Waals surface area contributed by atoms with Crippen LogP contribution in [0.3, 0.4) is 0 Å². The lowest BCUT2D eigenvalue weighted by atomic mass is 9.86. The molecule has 57 heavy (non-hydrogen) atoms. The van der Waals surface area contributed by atoms with E-state index in [9.17, 15) is 38.7 Å². The minimum absolute atomic E-state index is 0.0290. The number of rotatable bonds is 13. The number of amides is 5. The maximum Gasteiger partial charge on any atom is 0.343 e. The fourth-order valence-corrected chi connectivity index (χ4v) is 7.70. The molecule has 6 heterocycles. The number of benzene rings is 1. The molecule has 4 aliphatic rings. The van der Waals surface area contributed by atoms with Gasteiger partial charge in [0.15, 0.2) is 5.60 Å². The molecule has 4 N–H and O–H groups in total. The van der Waals surface area contributed by atoms with Crippen molar-refractivity contribution in [3.63, 3.8) is 0 Å². The summed E-state index contributed by atoms with van der Waals surface area (Å²) < 4.78 is 12.5. The molecule has 7 rings (SSSR count). The monoisotopic (exact) mass is 783 g/mol. The predicted octanol–water partition coefficient (Wildman–Crippen LogP) is 1.35. The van der Waals surface area contributed by atoms with Crippen molar-refractivity contribution >= 4 is 57.8 Å². The highest BCUT2D eigenvalue weighted by atomic mass is 16.6.